The fraction of sp³-hybridized carbons (Fsp3) is 0.294. The van der Waals surface area contributed by atoms with Crippen molar-refractivity contribution >= 4 is 17.1 Å². The summed E-state index contributed by atoms with van der Waals surface area (Å²) in [7, 11) is 0. The van der Waals surface area contributed by atoms with E-state index in [0.29, 0.717) is 13.1 Å². The third kappa shape index (κ3) is 4.38. The average molecular weight is 299 g/mol. The first-order valence-electron chi connectivity index (χ1n) is 7.28. The Morgan fingerprint density at radius 1 is 0.864 bits per heavy atom. The molecule has 0 bridgehead atoms. The van der Waals surface area contributed by atoms with E-state index in [1.807, 2.05) is 60.4 Å². The molecule has 0 heterocycles. The van der Waals surface area contributed by atoms with E-state index in [4.69, 9.17) is 10.2 Å². The van der Waals surface area contributed by atoms with Crippen LogP contribution in [-0.4, -0.2) is 36.5 Å². The molecular formula is C17H21N3O2. The van der Waals surface area contributed by atoms with E-state index in [2.05, 4.69) is 10.2 Å². The summed E-state index contributed by atoms with van der Waals surface area (Å²) in [6, 6.07) is 15.4. The van der Waals surface area contributed by atoms with Crippen molar-refractivity contribution in [1.29, 1.82) is 0 Å². The number of aliphatic hydroxyl groups excluding tert-OH is 2. The molecule has 2 rings (SSSR count). The number of anilines is 1. The lowest BCUT2D eigenvalue weighted by Crippen LogP contribution is -2.30. The highest BCUT2D eigenvalue weighted by Crippen LogP contribution is 2.26. The number of aryl methyl sites for hydroxylation is 1. The zero-order valence-corrected chi connectivity index (χ0v) is 12.7. The topological polar surface area (TPSA) is 68.4 Å². The predicted molar refractivity (Wildman–Crippen MR) is 88.2 cm³/mol. The minimum Gasteiger partial charge on any atom is -0.395 e. The lowest BCUT2D eigenvalue weighted by molar-refractivity contribution is 0.281. The molecule has 0 aromatic heterocycles. The Morgan fingerprint density at radius 3 is 2.09 bits per heavy atom. The number of hydrogen-bond donors (Lipinski definition) is 2. The minimum atomic E-state index is 0.0505. The molecule has 5 heteroatoms. The second kappa shape index (κ2) is 8.26. The molecular weight excluding hydrogens is 278 g/mol. The molecule has 0 amide bonds. The number of hydrogen-bond acceptors (Lipinski definition) is 5. The summed E-state index contributed by atoms with van der Waals surface area (Å²) in [6.45, 7) is 3.07. The van der Waals surface area contributed by atoms with Gasteiger partial charge in [-0.2, -0.15) is 10.2 Å². The van der Waals surface area contributed by atoms with Crippen LogP contribution in [0, 0.1) is 6.92 Å². The van der Waals surface area contributed by atoms with Crippen molar-refractivity contribution in [2.75, 3.05) is 31.2 Å². The van der Waals surface area contributed by atoms with Crippen molar-refractivity contribution in [2.24, 2.45) is 10.2 Å². The quantitative estimate of drug-likeness (QED) is 0.771. The van der Waals surface area contributed by atoms with Gasteiger partial charge in [0.05, 0.1) is 24.6 Å². The van der Waals surface area contributed by atoms with Crippen LogP contribution in [0.5, 0.6) is 0 Å². The lowest BCUT2D eigenvalue weighted by atomic mass is 10.1. The van der Waals surface area contributed by atoms with E-state index in [-0.39, 0.29) is 13.2 Å². The van der Waals surface area contributed by atoms with Gasteiger partial charge in [-0.3, -0.25) is 0 Å². The first kappa shape index (κ1) is 16.1. The number of rotatable bonds is 7. The summed E-state index contributed by atoms with van der Waals surface area (Å²) in [4.78, 5) is 1.95. The van der Waals surface area contributed by atoms with E-state index in [1.54, 1.807) is 0 Å². The number of benzene rings is 2. The van der Waals surface area contributed by atoms with Gasteiger partial charge in [-0.15, -0.1) is 0 Å². The van der Waals surface area contributed by atoms with Gasteiger partial charge in [0.15, 0.2) is 0 Å². The van der Waals surface area contributed by atoms with Crippen LogP contribution >= 0.6 is 0 Å². The molecule has 0 spiro atoms. The Hall–Kier alpha value is -2.24. The summed E-state index contributed by atoms with van der Waals surface area (Å²) in [5.41, 5.74) is 3.61. The molecule has 22 heavy (non-hydrogen) atoms. The van der Waals surface area contributed by atoms with Gasteiger partial charge >= 0.3 is 0 Å². The highest BCUT2D eigenvalue weighted by atomic mass is 16.3. The van der Waals surface area contributed by atoms with Crippen LogP contribution in [0.25, 0.3) is 0 Å². The molecule has 116 valence electrons. The van der Waals surface area contributed by atoms with Gasteiger partial charge in [0.1, 0.15) is 0 Å². The highest BCUT2D eigenvalue weighted by molar-refractivity contribution is 5.59. The maximum Gasteiger partial charge on any atom is 0.0861 e. The first-order valence-corrected chi connectivity index (χ1v) is 7.28. The number of aliphatic hydroxyl groups is 2. The maximum atomic E-state index is 9.12. The molecule has 0 unspecified atom stereocenters. The maximum absolute atomic E-state index is 9.12. The first-order chi connectivity index (χ1) is 10.7. The average Bonchev–Trinajstić information content (AvgIpc) is 2.54. The Kier molecular flexibility index (Phi) is 6.06. The van der Waals surface area contributed by atoms with E-state index in [1.165, 1.54) is 0 Å². The van der Waals surface area contributed by atoms with E-state index in [9.17, 15) is 0 Å². The standard InChI is InChI=1S/C17H21N3O2/c1-14-13-16(19-18-15-5-3-2-4-6-15)7-8-17(14)20(9-11-21)10-12-22/h2-8,13,21-22H,9-12H2,1H3. The van der Waals surface area contributed by atoms with Crippen molar-refractivity contribution in [3.05, 3.63) is 54.1 Å². The van der Waals surface area contributed by atoms with Crippen LogP contribution in [0.15, 0.2) is 58.8 Å². The van der Waals surface area contributed by atoms with Gasteiger partial charge in [-0.25, -0.2) is 0 Å². The van der Waals surface area contributed by atoms with Crippen LogP contribution in [0.4, 0.5) is 17.1 Å². The Labute approximate surface area is 130 Å². The molecule has 2 aromatic rings. The fourth-order valence-electron chi connectivity index (χ4n) is 2.26. The molecule has 0 atom stereocenters. The van der Waals surface area contributed by atoms with Crippen LogP contribution in [0.1, 0.15) is 5.56 Å². The van der Waals surface area contributed by atoms with Gasteiger partial charge in [0, 0.05) is 18.8 Å². The van der Waals surface area contributed by atoms with E-state index >= 15 is 0 Å². The second-order valence-electron chi connectivity index (χ2n) is 4.94. The zero-order chi connectivity index (χ0) is 15.8. The summed E-state index contributed by atoms with van der Waals surface area (Å²) in [5.74, 6) is 0. The monoisotopic (exact) mass is 299 g/mol. The van der Waals surface area contributed by atoms with E-state index in [0.717, 1.165) is 22.6 Å². The molecule has 0 aliphatic carbocycles. The Balaban J connectivity index is 2.16. The minimum absolute atomic E-state index is 0.0505. The summed E-state index contributed by atoms with van der Waals surface area (Å²) >= 11 is 0. The summed E-state index contributed by atoms with van der Waals surface area (Å²) < 4.78 is 0. The van der Waals surface area contributed by atoms with Gasteiger partial charge in [0.2, 0.25) is 0 Å². The second-order valence-corrected chi connectivity index (χ2v) is 4.94. The fourth-order valence-corrected chi connectivity index (χ4v) is 2.26. The van der Waals surface area contributed by atoms with Gasteiger partial charge in [-0.1, -0.05) is 18.2 Å². The van der Waals surface area contributed by atoms with Crippen LogP contribution in [-0.2, 0) is 0 Å². The molecule has 5 nitrogen and oxygen atoms in total. The highest BCUT2D eigenvalue weighted by Gasteiger charge is 2.08. The van der Waals surface area contributed by atoms with Crippen LogP contribution < -0.4 is 4.90 Å². The Bertz CT molecular complexity index is 609. The molecule has 0 fully saturated rings. The smallest absolute Gasteiger partial charge is 0.0861 e. The number of nitrogens with zero attached hydrogens (tertiary/aromatic N) is 3. The molecule has 0 saturated heterocycles. The van der Waals surface area contributed by atoms with Crippen molar-refractivity contribution in [2.45, 2.75) is 6.92 Å². The van der Waals surface area contributed by atoms with Crippen molar-refractivity contribution in [3.8, 4) is 0 Å². The molecule has 0 saturated carbocycles. The van der Waals surface area contributed by atoms with Gasteiger partial charge < -0.3 is 15.1 Å². The molecule has 2 aromatic carbocycles. The van der Waals surface area contributed by atoms with Crippen molar-refractivity contribution in [1.82, 2.24) is 0 Å². The van der Waals surface area contributed by atoms with Crippen LogP contribution in [0.3, 0.4) is 0 Å². The lowest BCUT2D eigenvalue weighted by Gasteiger charge is -2.24. The molecule has 2 N–H and O–H groups in total. The molecule has 0 aliphatic rings. The summed E-state index contributed by atoms with van der Waals surface area (Å²) in [6.07, 6.45) is 0. The number of azo groups is 1. The molecule has 0 aliphatic heterocycles. The summed E-state index contributed by atoms with van der Waals surface area (Å²) in [5, 5.41) is 26.7. The normalized spacial score (nSPS) is 11.0. The zero-order valence-electron chi connectivity index (χ0n) is 12.7. The van der Waals surface area contributed by atoms with Gasteiger partial charge in [0.25, 0.3) is 0 Å². The predicted octanol–water partition coefficient (Wildman–Crippen LogP) is 3.20. The van der Waals surface area contributed by atoms with Crippen molar-refractivity contribution < 1.29 is 10.2 Å². The third-order valence-corrected chi connectivity index (χ3v) is 3.30. The van der Waals surface area contributed by atoms with E-state index < -0.39 is 0 Å². The van der Waals surface area contributed by atoms with Gasteiger partial charge in [-0.05, 0) is 42.8 Å². The largest absolute Gasteiger partial charge is 0.395 e. The van der Waals surface area contributed by atoms with Crippen LogP contribution in [0.2, 0.25) is 0 Å². The Morgan fingerprint density at radius 2 is 1.50 bits per heavy atom. The third-order valence-electron chi connectivity index (χ3n) is 3.30. The van der Waals surface area contributed by atoms with Crippen molar-refractivity contribution in [3.63, 3.8) is 0 Å². The molecule has 0 radical (unpaired) electrons. The SMILES string of the molecule is Cc1cc(N=Nc2ccccc2)ccc1N(CCO)CCO.